The maximum Gasteiger partial charge on any atom is 0.217 e. The Bertz CT molecular complexity index is 786. The van der Waals surface area contributed by atoms with Gasteiger partial charge in [0, 0.05) is 6.54 Å². The van der Waals surface area contributed by atoms with Crippen LogP contribution in [0.25, 0.3) is 5.69 Å². The van der Waals surface area contributed by atoms with Crippen LogP contribution < -0.4 is 0 Å². The highest BCUT2D eigenvalue weighted by Crippen LogP contribution is 2.36. The number of ether oxygens (including phenoxy) is 1. The van der Waals surface area contributed by atoms with E-state index in [1.807, 2.05) is 30.3 Å². The number of para-hydroxylation sites is 1. The monoisotopic (exact) mass is 334 g/mol. The van der Waals surface area contributed by atoms with Gasteiger partial charge in [-0.3, -0.25) is 0 Å². The fraction of sp³-hybridized carbons (Fsp3) is 0.467. The summed E-state index contributed by atoms with van der Waals surface area (Å²) in [6.07, 6.45) is 2.95. The number of aromatic nitrogens is 3. The van der Waals surface area contributed by atoms with Gasteiger partial charge < -0.3 is 4.74 Å². The maximum atomic E-state index is 12.7. The van der Waals surface area contributed by atoms with Crippen LogP contribution in [0.2, 0.25) is 0 Å². The molecule has 1 saturated carbocycles. The van der Waals surface area contributed by atoms with E-state index < -0.39 is 16.1 Å². The van der Waals surface area contributed by atoms with Gasteiger partial charge in [0.1, 0.15) is 12.4 Å². The Hall–Kier alpha value is -1.77. The highest BCUT2D eigenvalue weighted by Gasteiger charge is 2.45. The predicted molar refractivity (Wildman–Crippen MR) is 83.6 cm³/mol. The van der Waals surface area contributed by atoms with E-state index in [4.69, 9.17) is 4.74 Å². The second-order valence-corrected chi connectivity index (χ2v) is 7.98. The van der Waals surface area contributed by atoms with E-state index in [1.165, 1.54) is 6.33 Å². The van der Waals surface area contributed by atoms with Gasteiger partial charge in [-0.15, -0.1) is 0 Å². The van der Waals surface area contributed by atoms with Crippen molar-refractivity contribution >= 4 is 10.0 Å². The molecule has 0 bridgehead atoms. The van der Waals surface area contributed by atoms with Gasteiger partial charge in [-0.1, -0.05) is 18.2 Å². The highest BCUT2D eigenvalue weighted by atomic mass is 32.2. The molecule has 1 aromatic carbocycles. The summed E-state index contributed by atoms with van der Waals surface area (Å²) >= 11 is 0. The summed E-state index contributed by atoms with van der Waals surface area (Å²) in [7, 11) is -3.29. The Balaban J connectivity index is 1.73. The van der Waals surface area contributed by atoms with Crippen LogP contribution in [0.3, 0.4) is 0 Å². The van der Waals surface area contributed by atoms with E-state index in [1.54, 1.807) is 8.99 Å². The lowest BCUT2D eigenvalue weighted by Gasteiger charge is -2.34. The summed E-state index contributed by atoms with van der Waals surface area (Å²) < 4.78 is 34.2. The van der Waals surface area contributed by atoms with Crippen molar-refractivity contribution in [3.05, 3.63) is 42.5 Å². The smallest absolute Gasteiger partial charge is 0.217 e. The van der Waals surface area contributed by atoms with Crippen LogP contribution in [-0.4, -0.2) is 52.5 Å². The van der Waals surface area contributed by atoms with Gasteiger partial charge >= 0.3 is 0 Å². The van der Waals surface area contributed by atoms with Crippen molar-refractivity contribution in [2.24, 2.45) is 0 Å². The Morgan fingerprint density at radius 2 is 1.96 bits per heavy atom. The van der Waals surface area contributed by atoms with Crippen molar-refractivity contribution in [1.29, 1.82) is 0 Å². The first-order chi connectivity index (χ1) is 11.2. The molecule has 1 saturated heterocycles. The molecule has 0 unspecified atom stereocenters. The lowest BCUT2D eigenvalue weighted by atomic mass is 10.2. The van der Waals surface area contributed by atoms with Crippen molar-refractivity contribution in [2.45, 2.75) is 24.1 Å². The lowest BCUT2D eigenvalue weighted by molar-refractivity contribution is 0.0281. The minimum atomic E-state index is -3.29. The Morgan fingerprint density at radius 1 is 1.17 bits per heavy atom. The fourth-order valence-electron chi connectivity index (χ4n) is 2.90. The zero-order chi connectivity index (χ0) is 15.9. The molecule has 1 aromatic heterocycles. The second-order valence-electron chi connectivity index (χ2n) is 5.81. The first-order valence-electron chi connectivity index (χ1n) is 7.71. The maximum absolute atomic E-state index is 12.7. The van der Waals surface area contributed by atoms with Crippen LogP contribution in [0.4, 0.5) is 0 Å². The fourth-order valence-corrected chi connectivity index (χ4v) is 4.85. The van der Waals surface area contributed by atoms with E-state index >= 15 is 0 Å². The third-order valence-corrected chi connectivity index (χ3v) is 6.63. The van der Waals surface area contributed by atoms with Crippen molar-refractivity contribution < 1.29 is 13.2 Å². The molecule has 23 heavy (non-hydrogen) atoms. The molecule has 0 amide bonds. The van der Waals surface area contributed by atoms with E-state index in [2.05, 4.69) is 10.1 Å². The summed E-state index contributed by atoms with van der Waals surface area (Å²) in [5.74, 6) is 0.597. The van der Waals surface area contributed by atoms with Crippen LogP contribution in [-0.2, 0) is 14.8 Å². The Labute approximate surface area is 134 Å². The normalized spacial score (nSPS) is 23.0. The largest absolute Gasteiger partial charge is 0.378 e. The average molecular weight is 334 g/mol. The molecule has 1 aliphatic carbocycles. The van der Waals surface area contributed by atoms with Gasteiger partial charge in [0.05, 0.1) is 24.2 Å². The van der Waals surface area contributed by atoms with Gasteiger partial charge in [0.2, 0.25) is 10.0 Å². The molecule has 2 fully saturated rings. The van der Waals surface area contributed by atoms with Crippen LogP contribution in [0, 0.1) is 0 Å². The van der Waals surface area contributed by atoms with E-state index in [-0.39, 0.29) is 5.25 Å². The minimum Gasteiger partial charge on any atom is -0.378 e. The summed E-state index contributed by atoms with van der Waals surface area (Å²) in [6.45, 7) is 1.09. The summed E-state index contributed by atoms with van der Waals surface area (Å²) in [5, 5.41) is 4.03. The minimum absolute atomic E-state index is 0.240. The van der Waals surface area contributed by atoms with Crippen molar-refractivity contribution in [1.82, 2.24) is 19.1 Å². The third-order valence-electron chi connectivity index (χ3n) is 4.22. The first kappa shape index (κ1) is 14.8. The van der Waals surface area contributed by atoms with Gasteiger partial charge in [-0.2, -0.15) is 9.40 Å². The van der Waals surface area contributed by atoms with Crippen molar-refractivity contribution in [3.63, 3.8) is 0 Å². The average Bonchev–Trinajstić information content (AvgIpc) is 3.34. The molecule has 1 atom stereocenters. The molecular formula is C15H18N4O3S. The number of hydrogen-bond donors (Lipinski definition) is 0. The Kier molecular flexibility index (Phi) is 3.67. The highest BCUT2D eigenvalue weighted by molar-refractivity contribution is 7.90. The lowest BCUT2D eigenvalue weighted by Crippen LogP contribution is -2.45. The van der Waals surface area contributed by atoms with Crippen LogP contribution in [0.15, 0.2) is 36.7 Å². The van der Waals surface area contributed by atoms with Gasteiger partial charge in [-0.25, -0.2) is 18.1 Å². The molecule has 2 heterocycles. The van der Waals surface area contributed by atoms with Crippen LogP contribution in [0.1, 0.15) is 24.7 Å². The molecule has 0 radical (unpaired) electrons. The van der Waals surface area contributed by atoms with E-state index in [0.29, 0.717) is 25.6 Å². The van der Waals surface area contributed by atoms with Gasteiger partial charge in [0.25, 0.3) is 0 Å². The predicted octanol–water partition coefficient (Wildman–Crippen LogP) is 1.13. The van der Waals surface area contributed by atoms with Crippen molar-refractivity contribution in [3.8, 4) is 5.69 Å². The number of morpholine rings is 1. The molecule has 8 heteroatoms. The van der Waals surface area contributed by atoms with E-state index in [9.17, 15) is 8.42 Å². The number of rotatable bonds is 4. The third kappa shape index (κ3) is 2.66. The molecule has 0 spiro atoms. The molecule has 7 nitrogen and oxygen atoms in total. The standard InChI is InChI=1S/C15H18N4O3S/c20-23(21,13-6-7-13)18-8-9-22-10-14(18)15-16-11-17-19(15)12-4-2-1-3-5-12/h1-5,11,13-14H,6-10H2/t14-/m1/s1. The first-order valence-corrected chi connectivity index (χ1v) is 9.22. The van der Waals surface area contributed by atoms with E-state index in [0.717, 1.165) is 18.5 Å². The Morgan fingerprint density at radius 3 is 2.70 bits per heavy atom. The quantitative estimate of drug-likeness (QED) is 0.838. The SMILES string of the molecule is O=S(=O)(C1CC1)N1CCOC[C@@H]1c1ncnn1-c1ccccc1. The molecule has 2 aliphatic rings. The zero-order valence-electron chi connectivity index (χ0n) is 12.6. The summed E-state index contributed by atoms with van der Waals surface area (Å²) in [5.41, 5.74) is 0.856. The number of sulfonamides is 1. The van der Waals surface area contributed by atoms with Gasteiger partial charge in [-0.05, 0) is 25.0 Å². The van der Waals surface area contributed by atoms with Crippen LogP contribution in [0.5, 0.6) is 0 Å². The number of benzene rings is 1. The molecular weight excluding hydrogens is 316 g/mol. The number of hydrogen-bond acceptors (Lipinski definition) is 5. The topological polar surface area (TPSA) is 77.3 Å². The zero-order valence-corrected chi connectivity index (χ0v) is 13.4. The van der Waals surface area contributed by atoms with Crippen molar-refractivity contribution in [2.75, 3.05) is 19.8 Å². The molecule has 0 N–H and O–H groups in total. The molecule has 2 aromatic rings. The van der Waals surface area contributed by atoms with Gasteiger partial charge in [0.15, 0.2) is 5.82 Å². The molecule has 1 aliphatic heterocycles. The number of nitrogens with zero attached hydrogens (tertiary/aromatic N) is 4. The van der Waals surface area contributed by atoms with Crippen LogP contribution >= 0.6 is 0 Å². The second kappa shape index (κ2) is 5.70. The summed E-state index contributed by atoms with van der Waals surface area (Å²) in [4.78, 5) is 4.33. The molecule has 4 rings (SSSR count). The molecule has 122 valence electrons. The summed E-state index contributed by atoms with van der Waals surface area (Å²) in [6, 6.07) is 9.15.